The summed E-state index contributed by atoms with van der Waals surface area (Å²) in [4.78, 5) is 26.6. The van der Waals surface area contributed by atoms with Gasteiger partial charge in [-0.1, -0.05) is 53.6 Å². The molecule has 6 nitrogen and oxygen atoms in total. The Kier molecular flexibility index (Phi) is 4.92. The molecule has 4 aromatic rings. The Morgan fingerprint density at radius 3 is 2.45 bits per heavy atom. The Morgan fingerprint density at radius 1 is 1.03 bits per heavy atom. The van der Waals surface area contributed by atoms with Crippen molar-refractivity contribution < 1.29 is 4.74 Å². The molecule has 170 valence electrons. The number of ether oxygens (including phenoxy) is 1. The maximum Gasteiger partial charge on any atom is 0.331 e. The highest BCUT2D eigenvalue weighted by Crippen LogP contribution is 2.46. The first-order valence-electron chi connectivity index (χ1n) is 10.9. The van der Waals surface area contributed by atoms with Crippen LogP contribution in [0.2, 0.25) is 5.02 Å². The van der Waals surface area contributed by atoms with E-state index in [9.17, 15) is 9.59 Å². The van der Waals surface area contributed by atoms with Gasteiger partial charge in [-0.2, -0.15) is 0 Å². The average molecular weight is 464 g/mol. The molecule has 0 N–H and O–H groups in total. The molecule has 1 unspecified atom stereocenters. The minimum atomic E-state index is -0.523. The molecular weight excluding hydrogens is 438 g/mol. The number of nitrogens with zero attached hydrogens (tertiary/aromatic N) is 3. The lowest BCUT2D eigenvalue weighted by Crippen LogP contribution is -2.40. The van der Waals surface area contributed by atoms with Crippen LogP contribution in [-0.2, 0) is 24.4 Å². The molecule has 7 heteroatoms. The van der Waals surface area contributed by atoms with Crippen LogP contribution in [0.3, 0.4) is 0 Å². The first-order valence-corrected chi connectivity index (χ1v) is 11.3. The second kappa shape index (κ2) is 7.47. The molecule has 0 bridgehead atoms. The van der Waals surface area contributed by atoms with Crippen LogP contribution in [0.5, 0.6) is 0 Å². The summed E-state index contributed by atoms with van der Waals surface area (Å²) in [5, 5.41) is 1.09. The molecule has 0 amide bonds. The minimum absolute atomic E-state index is 0.319. The lowest BCUT2D eigenvalue weighted by Gasteiger charge is -2.39. The second-order valence-electron chi connectivity index (χ2n) is 9.39. The van der Waals surface area contributed by atoms with Gasteiger partial charge in [-0.3, -0.25) is 13.9 Å². The van der Waals surface area contributed by atoms with Gasteiger partial charge >= 0.3 is 5.69 Å². The topological polar surface area (TPSA) is 58.2 Å². The largest absolute Gasteiger partial charge is 0.365 e. The number of hydrogen-bond donors (Lipinski definition) is 0. The second-order valence-corrected chi connectivity index (χ2v) is 9.80. The highest BCUT2D eigenvalue weighted by atomic mass is 35.5. The number of hydrogen-bond acceptors (Lipinski definition) is 3. The minimum Gasteiger partial charge on any atom is -0.365 e. The fraction of sp³-hybridized carbons (Fsp3) is 0.308. The molecule has 5 rings (SSSR count). The van der Waals surface area contributed by atoms with E-state index in [-0.39, 0.29) is 11.2 Å². The number of aromatic nitrogens is 3. The van der Waals surface area contributed by atoms with Gasteiger partial charge in [0.15, 0.2) is 0 Å². The molecule has 0 saturated carbocycles. The lowest BCUT2D eigenvalue weighted by atomic mass is 9.98. The normalized spacial score (nSPS) is 17.3. The van der Waals surface area contributed by atoms with E-state index in [4.69, 9.17) is 16.3 Å². The summed E-state index contributed by atoms with van der Waals surface area (Å²) < 4.78 is 11.3. The lowest BCUT2D eigenvalue weighted by molar-refractivity contribution is -0.00702. The van der Waals surface area contributed by atoms with Gasteiger partial charge in [0.05, 0.1) is 34.4 Å². The molecule has 0 saturated heterocycles. The number of halogens is 1. The van der Waals surface area contributed by atoms with Crippen LogP contribution in [0.25, 0.3) is 22.2 Å². The van der Waals surface area contributed by atoms with Gasteiger partial charge in [0.25, 0.3) is 5.56 Å². The average Bonchev–Trinajstić information content (AvgIpc) is 3.15. The Bertz CT molecular complexity index is 1540. The summed E-state index contributed by atoms with van der Waals surface area (Å²) in [6, 6.07) is 15.6. The molecule has 0 spiro atoms. The Labute approximate surface area is 196 Å². The smallest absolute Gasteiger partial charge is 0.331 e. The van der Waals surface area contributed by atoms with Gasteiger partial charge in [0, 0.05) is 24.7 Å². The van der Waals surface area contributed by atoms with Crippen LogP contribution in [0.4, 0.5) is 0 Å². The number of fused-ring (bicyclic) bond motifs is 3. The van der Waals surface area contributed by atoms with E-state index in [1.807, 2.05) is 49.4 Å². The van der Waals surface area contributed by atoms with Crippen molar-refractivity contribution in [3.63, 3.8) is 0 Å². The van der Waals surface area contributed by atoms with Crippen molar-refractivity contribution in [2.24, 2.45) is 14.1 Å². The molecule has 3 heterocycles. The number of aryl methyl sites for hydroxylation is 2. The molecule has 0 aliphatic carbocycles. The van der Waals surface area contributed by atoms with Crippen LogP contribution in [0.1, 0.15) is 36.8 Å². The van der Waals surface area contributed by atoms with Crippen LogP contribution >= 0.6 is 11.6 Å². The fourth-order valence-corrected chi connectivity index (χ4v) is 5.22. The van der Waals surface area contributed by atoms with Gasteiger partial charge in [0.2, 0.25) is 0 Å². The zero-order valence-corrected chi connectivity index (χ0v) is 20.1. The summed E-state index contributed by atoms with van der Waals surface area (Å²) in [6.45, 7) is 6.62. The first-order chi connectivity index (χ1) is 15.6. The van der Waals surface area contributed by atoms with Crippen molar-refractivity contribution in [2.45, 2.75) is 32.4 Å². The Balaban J connectivity index is 2.04. The Hall–Kier alpha value is -3.09. The SMILES string of the molecule is Cc1cccc(-c2c3c(=O)n(C)c(=O)n(C)c3c3n2C(C)(C)COC3c2ccccc2Cl)c1. The van der Waals surface area contributed by atoms with E-state index in [1.54, 1.807) is 11.6 Å². The van der Waals surface area contributed by atoms with E-state index in [1.165, 1.54) is 11.6 Å². The maximum absolute atomic E-state index is 13.6. The monoisotopic (exact) mass is 463 g/mol. The van der Waals surface area contributed by atoms with Crippen LogP contribution < -0.4 is 11.2 Å². The van der Waals surface area contributed by atoms with E-state index in [0.717, 1.165) is 28.1 Å². The van der Waals surface area contributed by atoms with E-state index >= 15 is 0 Å². The molecular formula is C26H26ClN3O3. The molecule has 1 aliphatic heterocycles. The molecule has 0 radical (unpaired) electrons. The van der Waals surface area contributed by atoms with Crippen LogP contribution in [-0.4, -0.2) is 20.3 Å². The summed E-state index contributed by atoms with van der Waals surface area (Å²) in [7, 11) is 3.23. The third-order valence-corrected chi connectivity index (χ3v) is 6.89. The third-order valence-electron chi connectivity index (χ3n) is 6.54. The van der Waals surface area contributed by atoms with Crippen molar-refractivity contribution in [1.29, 1.82) is 0 Å². The fourth-order valence-electron chi connectivity index (χ4n) is 4.99. The standard InChI is InChI=1S/C26H26ClN3O3/c1-15-9-8-10-16(13-15)20-19-21(28(4)25(32)29(5)24(19)31)22-23(17-11-6-7-12-18(17)27)33-14-26(2,3)30(20)22/h6-13,23H,14H2,1-5H3. The van der Waals surface area contributed by atoms with Crippen LogP contribution in [0.15, 0.2) is 58.1 Å². The van der Waals surface area contributed by atoms with Crippen molar-refractivity contribution in [3.8, 4) is 11.3 Å². The molecule has 2 aromatic heterocycles. The van der Waals surface area contributed by atoms with E-state index in [0.29, 0.717) is 22.5 Å². The van der Waals surface area contributed by atoms with Gasteiger partial charge in [-0.05, 0) is 38.5 Å². The van der Waals surface area contributed by atoms with Crippen molar-refractivity contribution >= 4 is 22.5 Å². The highest BCUT2D eigenvalue weighted by Gasteiger charge is 2.41. The van der Waals surface area contributed by atoms with Crippen molar-refractivity contribution in [2.75, 3.05) is 6.61 Å². The summed E-state index contributed by atoms with van der Waals surface area (Å²) in [5.74, 6) is 0. The predicted octanol–water partition coefficient (Wildman–Crippen LogP) is 4.52. The molecule has 33 heavy (non-hydrogen) atoms. The van der Waals surface area contributed by atoms with E-state index in [2.05, 4.69) is 24.5 Å². The Morgan fingerprint density at radius 2 is 1.76 bits per heavy atom. The quantitative estimate of drug-likeness (QED) is 0.439. The molecule has 1 aliphatic rings. The number of benzene rings is 2. The number of rotatable bonds is 2. The van der Waals surface area contributed by atoms with E-state index < -0.39 is 11.6 Å². The predicted molar refractivity (Wildman–Crippen MR) is 131 cm³/mol. The zero-order chi connectivity index (χ0) is 23.7. The molecule has 0 fully saturated rings. The summed E-state index contributed by atoms with van der Waals surface area (Å²) in [6.07, 6.45) is -0.523. The highest BCUT2D eigenvalue weighted by molar-refractivity contribution is 6.31. The van der Waals surface area contributed by atoms with Crippen molar-refractivity contribution in [3.05, 3.63) is 91.2 Å². The van der Waals surface area contributed by atoms with Gasteiger partial charge < -0.3 is 9.30 Å². The summed E-state index contributed by atoms with van der Waals surface area (Å²) >= 11 is 6.59. The van der Waals surface area contributed by atoms with Gasteiger partial charge in [0.1, 0.15) is 6.10 Å². The van der Waals surface area contributed by atoms with Crippen LogP contribution in [0, 0.1) is 6.92 Å². The van der Waals surface area contributed by atoms with Gasteiger partial charge in [-0.25, -0.2) is 4.79 Å². The summed E-state index contributed by atoms with van der Waals surface area (Å²) in [5.41, 5.74) is 3.80. The molecule has 2 aromatic carbocycles. The third kappa shape index (κ3) is 3.12. The van der Waals surface area contributed by atoms with Crippen molar-refractivity contribution in [1.82, 2.24) is 13.7 Å². The zero-order valence-electron chi connectivity index (χ0n) is 19.3. The molecule has 1 atom stereocenters. The first kappa shape index (κ1) is 21.7. The van der Waals surface area contributed by atoms with Gasteiger partial charge in [-0.15, -0.1) is 0 Å². The maximum atomic E-state index is 13.6.